The van der Waals surface area contributed by atoms with Crippen LogP contribution in [0, 0.1) is 0 Å². The summed E-state index contributed by atoms with van der Waals surface area (Å²) in [6.07, 6.45) is -6.96. The molecule has 0 spiro atoms. The normalized spacial score (nSPS) is 34.9. The number of anilines is 1. The van der Waals surface area contributed by atoms with Crippen molar-refractivity contribution in [3.63, 3.8) is 0 Å². The van der Waals surface area contributed by atoms with Crippen molar-refractivity contribution in [2.45, 2.75) is 74.1 Å². The summed E-state index contributed by atoms with van der Waals surface area (Å²) < 4.78 is 39.9. The van der Waals surface area contributed by atoms with Gasteiger partial charge in [0, 0.05) is 31.0 Å². The Bertz CT molecular complexity index is 1940. The average Bonchev–Trinajstić information content (AvgIpc) is 3.85. The minimum Gasteiger partial charge on any atom is -0.394 e. The van der Waals surface area contributed by atoms with Gasteiger partial charge in [-0.25, -0.2) is 14.3 Å². The van der Waals surface area contributed by atoms with Crippen molar-refractivity contribution in [3.8, 4) is 0 Å². The van der Waals surface area contributed by atoms with Crippen LogP contribution >= 0.6 is 15.2 Å². The van der Waals surface area contributed by atoms with Crippen LogP contribution in [0.2, 0.25) is 0 Å². The second-order valence-corrected chi connectivity index (χ2v) is 16.5. The van der Waals surface area contributed by atoms with Gasteiger partial charge >= 0.3 is 18.1 Å². The summed E-state index contributed by atoms with van der Waals surface area (Å²) in [6, 6.07) is 12.1. The van der Waals surface area contributed by atoms with E-state index in [1.807, 2.05) is 30.3 Å². The van der Waals surface area contributed by atoms with Crippen LogP contribution in [-0.2, 0) is 39.4 Å². The zero-order valence-electron chi connectivity index (χ0n) is 26.6. The number of nitrogens with one attached hydrogen (secondary N) is 1. The highest BCUT2D eigenvalue weighted by Gasteiger charge is 2.54. The molecule has 276 valence electrons. The van der Waals surface area contributed by atoms with Crippen molar-refractivity contribution in [2.24, 2.45) is 0 Å². The third kappa shape index (κ3) is 7.40. The third-order valence-corrected chi connectivity index (χ3v) is 12.4. The van der Waals surface area contributed by atoms with E-state index in [9.17, 15) is 34.6 Å². The van der Waals surface area contributed by atoms with Gasteiger partial charge in [0.1, 0.15) is 48.5 Å². The Morgan fingerprint density at radius 3 is 2.45 bits per heavy atom. The monoisotopic (exact) mass is 770 g/mol. The summed E-state index contributed by atoms with van der Waals surface area (Å²) in [4.78, 5) is 53.7. The van der Waals surface area contributed by atoms with Gasteiger partial charge in [0.2, 0.25) is 0 Å². The number of rotatable bonds is 11. The molecule has 4 fully saturated rings. The van der Waals surface area contributed by atoms with Crippen LogP contribution in [0.3, 0.4) is 0 Å². The molecule has 19 nitrogen and oxygen atoms in total. The first-order chi connectivity index (χ1) is 24.4. The number of fused-ring (bicyclic) bond motifs is 1. The number of H-pyrrole nitrogens is 1. The third-order valence-electron chi connectivity index (χ3n) is 9.08. The summed E-state index contributed by atoms with van der Waals surface area (Å²) in [5.41, 5.74) is 4.20. The smallest absolute Gasteiger partial charge is 0.351 e. The van der Waals surface area contributed by atoms with Crippen LogP contribution in [0.15, 0.2) is 69.2 Å². The van der Waals surface area contributed by atoms with Crippen LogP contribution in [0.25, 0.3) is 0 Å². The maximum atomic E-state index is 12.7. The summed E-state index contributed by atoms with van der Waals surface area (Å²) in [7, 11) is -1.75. The van der Waals surface area contributed by atoms with Crippen LogP contribution < -0.4 is 22.7 Å². The molecule has 22 heteroatoms. The number of nitrogen functional groups attached to an aromatic ring is 1. The molecular formula is C29H36N6O13P2S. The van der Waals surface area contributed by atoms with E-state index in [2.05, 4.69) is 14.6 Å². The molecule has 0 amide bonds. The Kier molecular flexibility index (Phi) is 10.7. The predicted octanol–water partition coefficient (Wildman–Crippen LogP) is -0.649. The fourth-order valence-electron chi connectivity index (χ4n) is 6.67. The molecule has 7 rings (SSSR count). The molecule has 1 aromatic carbocycles. The van der Waals surface area contributed by atoms with Crippen LogP contribution in [0.1, 0.15) is 37.0 Å². The second kappa shape index (κ2) is 14.9. The van der Waals surface area contributed by atoms with Gasteiger partial charge in [-0.1, -0.05) is 30.3 Å². The molecule has 6 heterocycles. The largest absolute Gasteiger partial charge is 0.394 e. The van der Waals surface area contributed by atoms with Gasteiger partial charge in [-0.05, 0) is 36.3 Å². The van der Waals surface area contributed by atoms with E-state index in [0.717, 1.165) is 33.6 Å². The lowest BCUT2D eigenvalue weighted by Crippen LogP contribution is -2.39. The van der Waals surface area contributed by atoms with Crippen molar-refractivity contribution >= 4 is 32.9 Å². The van der Waals surface area contributed by atoms with Crippen molar-refractivity contribution in [2.75, 3.05) is 25.5 Å². The van der Waals surface area contributed by atoms with Gasteiger partial charge < -0.3 is 49.0 Å². The number of aliphatic hydroxyl groups is 3. The van der Waals surface area contributed by atoms with Gasteiger partial charge in [0.25, 0.3) is 14.1 Å². The van der Waals surface area contributed by atoms with E-state index < -0.39 is 94.5 Å². The maximum absolute atomic E-state index is 12.7. The van der Waals surface area contributed by atoms with Crippen LogP contribution in [0.5, 0.6) is 0 Å². The number of hydrogen-bond acceptors (Lipinski definition) is 16. The average molecular weight is 771 g/mol. The molecule has 4 saturated heterocycles. The van der Waals surface area contributed by atoms with E-state index in [1.165, 1.54) is 18.5 Å². The molecule has 4 aliphatic heterocycles. The Labute approximate surface area is 295 Å². The predicted molar refractivity (Wildman–Crippen MR) is 180 cm³/mol. The number of ether oxygens (including phenoxy) is 2. The van der Waals surface area contributed by atoms with Gasteiger partial charge in [0.05, 0.1) is 13.2 Å². The first-order valence-electron chi connectivity index (χ1n) is 16.0. The lowest BCUT2D eigenvalue weighted by molar-refractivity contribution is -0.0579. The van der Waals surface area contributed by atoms with Crippen molar-refractivity contribution in [3.05, 3.63) is 91.7 Å². The Hall–Kier alpha value is -2.78. The van der Waals surface area contributed by atoms with E-state index in [1.54, 1.807) is 0 Å². The molecule has 0 aliphatic carbocycles. The molecule has 12 atom stereocenters. The summed E-state index contributed by atoms with van der Waals surface area (Å²) in [5, 5.41) is 32.5. The first kappa shape index (κ1) is 36.6. The molecule has 2 aromatic heterocycles. The number of aliphatic hydroxyl groups excluding tert-OH is 3. The molecule has 51 heavy (non-hydrogen) atoms. The summed E-state index contributed by atoms with van der Waals surface area (Å²) in [6.45, 7) is -4.81. The number of aromatic amines is 1. The highest BCUT2D eigenvalue weighted by molar-refractivity contribution is 8.07. The number of hydrogen-bond donors (Lipinski definition) is 6. The molecule has 2 unspecified atom stereocenters. The zero-order chi connectivity index (χ0) is 36.0. The number of benzene rings is 1. The van der Waals surface area contributed by atoms with Gasteiger partial charge in [0.15, 0.2) is 12.5 Å². The van der Waals surface area contributed by atoms with E-state index in [0.29, 0.717) is 6.54 Å². The minimum absolute atomic E-state index is 0.0329. The quantitative estimate of drug-likeness (QED) is 0.133. The molecule has 0 saturated carbocycles. The highest BCUT2D eigenvalue weighted by atomic mass is 32.5. The zero-order valence-corrected chi connectivity index (χ0v) is 29.2. The van der Waals surface area contributed by atoms with Crippen LogP contribution in [0.4, 0.5) is 5.82 Å². The van der Waals surface area contributed by atoms with Gasteiger partial charge in [-0.2, -0.15) is 4.98 Å². The molecule has 4 aliphatic rings. The topological polar surface area (TPSA) is 255 Å². The number of aromatic nitrogens is 4. The maximum Gasteiger partial charge on any atom is 0.351 e. The molecule has 0 bridgehead atoms. The van der Waals surface area contributed by atoms with Crippen molar-refractivity contribution in [1.29, 1.82) is 0 Å². The van der Waals surface area contributed by atoms with E-state index in [-0.39, 0.29) is 18.0 Å². The standard InChI is InChI=1S/C29H36N6O13P2S/c30-19-8-11-33(28(40)31-19)27-22(39)25(17(13-36)44-27)48-50(42,51)43-14-18-24(21(38)26(45-18)34-12-9-20(37)32-29(34)41)47-49-35-10-4-7-16(35)23(46-49)15-5-2-1-3-6-15/h1-3,5-6,8-9,11-12,16-18,21-27,36,38-39H,4,7,10,13-14H2,(H,42,51)(H2,30,31,40)(H,32,37,41)/t16-,17+,18+,21+,22+,23+,24+,25+,26+,27+,49?,50?/m0/s1. The fourth-order valence-corrected chi connectivity index (χ4v) is 10.1. The lowest BCUT2D eigenvalue weighted by atomic mass is 10.0. The Morgan fingerprint density at radius 1 is 1.02 bits per heavy atom. The van der Waals surface area contributed by atoms with Crippen LogP contribution in [-0.4, -0.2) is 106 Å². The van der Waals surface area contributed by atoms with Crippen molar-refractivity contribution < 1.29 is 47.8 Å². The molecule has 3 aromatic rings. The molecule has 0 radical (unpaired) electrons. The number of nitrogens with zero attached hydrogens (tertiary/aromatic N) is 4. The van der Waals surface area contributed by atoms with Gasteiger partial charge in [-0.3, -0.25) is 23.4 Å². The second-order valence-electron chi connectivity index (χ2n) is 12.3. The SMILES string of the molecule is Nc1ccn([C@@H]2O[C@H](CO)[C@@H](OP(O)(=S)OC[C@H]3O[C@@H](n4ccc(=O)[nH]c4=O)[C@H](O)[C@@H]3OP3O[C@H](c4ccccc4)[C@@H]4CCCN43)[C@H]2O)c(=O)n1. The van der Waals surface area contributed by atoms with E-state index >= 15 is 0 Å². The van der Waals surface area contributed by atoms with E-state index in [4.69, 9.17) is 45.1 Å². The molecule has 7 N–H and O–H groups in total. The van der Waals surface area contributed by atoms with Crippen molar-refractivity contribution in [1.82, 2.24) is 23.8 Å². The summed E-state index contributed by atoms with van der Waals surface area (Å²) >= 11 is 5.26. The highest BCUT2D eigenvalue weighted by Crippen LogP contribution is 2.62. The number of nitrogens with two attached hydrogens (primary N) is 1. The Balaban J connectivity index is 1.09. The van der Waals surface area contributed by atoms with Gasteiger partial charge in [-0.15, -0.1) is 0 Å². The summed E-state index contributed by atoms with van der Waals surface area (Å²) in [5.74, 6) is -0.0549. The Morgan fingerprint density at radius 2 is 1.73 bits per heavy atom. The minimum atomic E-state index is -4.29. The molecular weight excluding hydrogens is 734 g/mol. The lowest BCUT2D eigenvalue weighted by Gasteiger charge is -2.28. The fraction of sp³-hybridized carbons (Fsp3) is 0.517. The first-order valence-corrected chi connectivity index (χ1v) is 19.7.